The Hall–Kier alpha value is -1.75. The van der Waals surface area contributed by atoms with Gasteiger partial charge in [0, 0.05) is 18.5 Å². The van der Waals surface area contributed by atoms with Crippen LogP contribution in [0.5, 0.6) is 11.5 Å². The molecule has 1 unspecified atom stereocenters. The molecule has 1 aromatic carbocycles. The first-order valence-corrected chi connectivity index (χ1v) is 8.21. The summed E-state index contributed by atoms with van der Waals surface area (Å²) < 4.78 is 11.2. The van der Waals surface area contributed by atoms with Crippen LogP contribution < -0.4 is 20.1 Å². The predicted molar refractivity (Wildman–Crippen MR) is 84.6 cm³/mol. The number of rotatable bonds is 4. The zero-order chi connectivity index (χ0) is 15.2. The van der Waals surface area contributed by atoms with Crippen molar-refractivity contribution in [1.82, 2.24) is 10.6 Å². The van der Waals surface area contributed by atoms with Crippen LogP contribution in [-0.4, -0.2) is 38.8 Å². The van der Waals surface area contributed by atoms with Gasteiger partial charge in [0.25, 0.3) is 5.91 Å². The van der Waals surface area contributed by atoms with E-state index in [0.29, 0.717) is 30.4 Å². The lowest BCUT2D eigenvalue weighted by molar-refractivity contribution is 0.0950. The highest BCUT2D eigenvalue weighted by Crippen LogP contribution is 2.30. The average Bonchev–Trinajstić information content (AvgIpc) is 2.80. The Morgan fingerprint density at radius 1 is 1.23 bits per heavy atom. The van der Waals surface area contributed by atoms with Gasteiger partial charge in [0.15, 0.2) is 11.5 Å². The fourth-order valence-electron chi connectivity index (χ4n) is 2.97. The standard InChI is InChI=1S/C17H24N2O3/c20-17(19-8-6-13-3-1-7-18-12-13)14-4-5-15-16(11-14)22-10-2-9-21-15/h4-5,11,13,18H,1-3,6-10,12H2,(H,19,20). The first-order valence-electron chi connectivity index (χ1n) is 8.21. The first kappa shape index (κ1) is 15.2. The summed E-state index contributed by atoms with van der Waals surface area (Å²) in [6.07, 6.45) is 4.39. The van der Waals surface area contributed by atoms with Gasteiger partial charge in [0.2, 0.25) is 0 Å². The summed E-state index contributed by atoms with van der Waals surface area (Å²) in [6, 6.07) is 5.39. The third-order valence-electron chi connectivity index (χ3n) is 4.25. The summed E-state index contributed by atoms with van der Waals surface area (Å²) >= 11 is 0. The topological polar surface area (TPSA) is 59.6 Å². The first-order chi connectivity index (χ1) is 10.8. The van der Waals surface area contributed by atoms with Crippen molar-refractivity contribution in [2.45, 2.75) is 25.7 Å². The molecule has 2 aliphatic rings. The molecule has 2 N–H and O–H groups in total. The molecule has 2 aliphatic heterocycles. The van der Waals surface area contributed by atoms with Crippen molar-refractivity contribution >= 4 is 5.91 Å². The maximum absolute atomic E-state index is 12.2. The third kappa shape index (κ3) is 3.91. The van der Waals surface area contributed by atoms with Gasteiger partial charge < -0.3 is 20.1 Å². The summed E-state index contributed by atoms with van der Waals surface area (Å²) in [5.74, 6) is 2.03. The van der Waals surface area contributed by atoms with E-state index in [1.54, 1.807) is 12.1 Å². The number of carbonyl (C=O) groups is 1. The minimum atomic E-state index is -0.0422. The predicted octanol–water partition coefficient (Wildman–Crippen LogP) is 1.97. The highest BCUT2D eigenvalue weighted by atomic mass is 16.5. The molecule has 0 spiro atoms. The van der Waals surface area contributed by atoms with E-state index in [1.807, 2.05) is 6.07 Å². The molecule has 22 heavy (non-hydrogen) atoms. The zero-order valence-electron chi connectivity index (χ0n) is 12.9. The molecule has 2 heterocycles. The van der Waals surface area contributed by atoms with E-state index in [-0.39, 0.29) is 5.91 Å². The molecule has 0 aliphatic carbocycles. The maximum atomic E-state index is 12.2. The van der Waals surface area contributed by atoms with Crippen molar-refractivity contribution in [3.8, 4) is 11.5 Å². The van der Waals surface area contributed by atoms with Gasteiger partial charge in [-0.2, -0.15) is 0 Å². The van der Waals surface area contributed by atoms with Crippen LogP contribution >= 0.6 is 0 Å². The van der Waals surface area contributed by atoms with Gasteiger partial charge in [0.1, 0.15) is 0 Å². The van der Waals surface area contributed by atoms with Gasteiger partial charge >= 0.3 is 0 Å². The number of fused-ring (bicyclic) bond motifs is 1. The summed E-state index contributed by atoms with van der Waals surface area (Å²) in [5, 5.41) is 6.41. The molecule has 0 aromatic heterocycles. The SMILES string of the molecule is O=C(NCCC1CCCNC1)c1ccc2c(c1)OCCCO2. The van der Waals surface area contributed by atoms with Gasteiger partial charge in [-0.25, -0.2) is 0 Å². The van der Waals surface area contributed by atoms with E-state index in [9.17, 15) is 4.79 Å². The molecule has 1 aromatic rings. The minimum Gasteiger partial charge on any atom is -0.490 e. The molecule has 0 bridgehead atoms. The number of hydrogen-bond acceptors (Lipinski definition) is 4. The number of ether oxygens (including phenoxy) is 2. The van der Waals surface area contributed by atoms with Crippen LogP contribution in [0.4, 0.5) is 0 Å². The van der Waals surface area contributed by atoms with Crippen LogP contribution in [0.25, 0.3) is 0 Å². The molecule has 1 fully saturated rings. The second-order valence-electron chi connectivity index (χ2n) is 5.97. The van der Waals surface area contributed by atoms with Crippen molar-refractivity contribution in [2.24, 2.45) is 5.92 Å². The Kier molecular flexibility index (Phi) is 5.16. The molecule has 0 saturated carbocycles. The molecule has 5 heteroatoms. The number of amides is 1. The largest absolute Gasteiger partial charge is 0.490 e. The molecule has 1 saturated heterocycles. The van der Waals surface area contributed by atoms with Gasteiger partial charge in [-0.3, -0.25) is 4.79 Å². The average molecular weight is 304 g/mol. The summed E-state index contributed by atoms with van der Waals surface area (Å²) in [4.78, 5) is 12.2. The lowest BCUT2D eigenvalue weighted by Crippen LogP contribution is -2.33. The van der Waals surface area contributed by atoms with E-state index in [4.69, 9.17) is 9.47 Å². The molecule has 1 amide bonds. The van der Waals surface area contributed by atoms with Gasteiger partial charge in [-0.1, -0.05) is 0 Å². The van der Waals surface area contributed by atoms with Gasteiger partial charge in [-0.05, 0) is 56.5 Å². The fourth-order valence-corrected chi connectivity index (χ4v) is 2.97. The molecular weight excluding hydrogens is 280 g/mol. The van der Waals surface area contributed by atoms with E-state index >= 15 is 0 Å². The summed E-state index contributed by atoms with van der Waals surface area (Å²) in [5.41, 5.74) is 0.631. The van der Waals surface area contributed by atoms with E-state index in [0.717, 1.165) is 38.2 Å². The second kappa shape index (κ2) is 7.49. The normalized spacial score (nSPS) is 21.0. The van der Waals surface area contributed by atoms with Crippen LogP contribution in [0, 0.1) is 5.92 Å². The number of nitrogens with one attached hydrogen (secondary N) is 2. The van der Waals surface area contributed by atoms with Crippen LogP contribution in [0.1, 0.15) is 36.0 Å². The lowest BCUT2D eigenvalue weighted by Gasteiger charge is -2.22. The quantitative estimate of drug-likeness (QED) is 0.893. The van der Waals surface area contributed by atoms with Crippen molar-refractivity contribution in [1.29, 1.82) is 0 Å². The molecule has 0 radical (unpaired) electrons. The Morgan fingerprint density at radius 2 is 2.09 bits per heavy atom. The summed E-state index contributed by atoms with van der Waals surface area (Å²) in [6.45, 7) is 4.21. The number of piperidine rings is 1. The zero-order valence-corrected chi connectivity index (χ0v) is 12.9. The maximum Gasteiger partial charge on any atom is 0.251 e. The van der Waals surface area contributed by atoms with Gasteiger partial charge in [0.05, 0.1) is 13.2 Å². The molecule has 120 valence electrons. The number of carbonyl (C=O) groups excluding carboxylic acids is 1. The Balaban J connectivity index is 1.52. The summed E-state index contributed by atoms with van der Waals surface area (Å²) in [7, 11) is 0. The van der Waals surface area contributed by atoms with Crippen molar-refractivity contribution in [3.63, 3.8) is 0 Å². The van der Waals surface area contributed by atoms with Crippen LogP contribution in [0.15, 0.2) is 18.2 Å². The second-order valence-corrected chi connectivity index (χ2v) is 5.97. The molecule has 1 atom stereocenters. The van der Waals surface area contributed by atoms with E-state index in [2.05, 4.69) is 10.6 Å². The van der Waals surface area contributed by atoms with Crippen molar-refractivity contribution < 1.29 is 14.3 Å². The minimum absolute atomic E-state index is 0.0422. The Morgan fingerprint density at radius 3 is 2.91 bits per heavy atom. The van der Waals surface area contributed by atoms with Crippen LogP contribution in [0.2, 0.25) is 0 Å². The molecule has 3 rings (SSSR count). The van der Waals surface area contributed by atoms with E-state index in [1.165, 1.54) is 12.8 Å². The monoisotopic (exact) mass is 304 g/mol. The molecule has 5 nitrogen and oxygen atoms in total. The van der Waals surface area contributed by atoms with Gasteiger partial charge in [-0.15, -0.1) is 0 Å². The smallest absolute Gasteiger partial charge is 0.251 e. The van der Waals surface area contributed by atoms with Crippen LogP contribution in [0.3, 0.4) is 0 Å². The lowest BCUT2D eigenvalue weighted by atomic mass is 9.96. The fraction of sp³-hybridized carbons (Fsp3) is 0.588. The third-order valence-corrected chi connectivity index (χ3v) is 4.25. The highest BCUT2D eigenvalue weighted by molar-refractivity contribution is 5.94. The Bertz CT molecular complexity index is 513. The Labute approximate surface area is 131 Å². The van der Waals surface area contributed by atoms with Crippen molar-refractivity contribution in [3.05, 3.63) is 23.8 Å². The molecular formula is C17H24N2O3. The van der Waals surface area contributed by atoms with Crippen LogP contribution in [-0.2, 0) is 0 Å². The van der Waals surface area contributed by atoms with Crippen molar-refractivity contribution in [2.75, 3.05) is 32.8 Å². The number of benzene rings is 1. The number of hydrogen-bond donors (Lipinski definition) is 2. The van der Waals surface area contributed by atoms with E-state index < -0.39 is 0 Å². The highest BCUT2D eigenvalue weighted by Gasteiger charge is 2.15.